The summed E-state index contributed by atoms with van der Waals surface area (Å²) < 4.78 is 10.7. The van der Waals surface area contributed by atoms with E-state index in [1.54, 1.807) is 25.3 Å². The van der Waals surface area contributed by atoms with Crippen LogP contribution in [0.2, 0.25) is 5.02 Å². The number of oxazole rings is 1. The van der Waals surface area contributed by atoms with Crippen molar-refractivity contribution in [3.63, 3.8) is 0 Å². The highest BCUT2D eigenvalue weighted by atomic mass is 35.5. The van der Waals surface area contributed by atoms with Gasteiger partial charge in [-0.25, -0.2) is 4.98 Å². The van der Waals surface area contributed by atoms with Gasteiger partial charge in [-0.15, -0.1) is 0 Å². The second-order valence-corrected chi connectivity index (χ2v) is 5.48. The summed E-state index contributed by atoms with van der Waals surface area (Å²) in [6.07, 6.45) is 1.49. The third-order valence-corrected chi connectivity index (χ3v) is 3.74. The van der Waals surface area contributed by atoms with Gasteiger partial charge in [-0.1, -0.05) is 41.0 Å². The van der Waals surface area contributed by atoms with E-state index in [2.05, 4.69) is 10.1 Å². The van der Waals surface area contributed by atoms with E-state index < -0.39 is 0 Å². The van der Waals surface area contributed by atoms with Crippen LogP contribution >= 0.6 is 11.6 Å². The van der Waals surface area contributed by atoms with Gasteiger partial charge >= 0.3 is 0 Å². The topological polar surface area (TPSA) is 82.9 Å². The summed E-state index contributed by atoms with van der Waals surface area (Å²) in [5.41, 5.74) is 7.88. The van der Waals surface area contributed by atoms with E-state index in [4.69, 9.17) is 31.3 Å². The molecule has 128 valence electrons. The average molecular weight is 358 g/mol. The van der Waals surface area contributed by atoms with E-state index in [0.29, 0.717) is 33.5 Å². The predicted octanol–water partition coefficient (Wildman–Crippen LogP) is 3.84. The lowest BCUT2D eigenvalue weighted by Crippen LogP contribution is -2.15. The fourth-order valence-electron chi connectivity index (χ4n) is 2.21. The Bertz CT molecular complexity index is 893. The number of halogens is 1. The molecule has 1 aromatic heterocycles. The molecule has 7 heteroatoms. The zero-order chi connectivity index (χ0) is 17.6. The van der Waals surface area contributed by atoms with Crippen LogP contribution in [0.3, 0.4) is 0 Å². The van der Waals surface area contributed by atoms with Crippen LogP contribution in [0.4, 0.5) is 0 Å². The number of amidine groups is 1. The van der Waals surface area contributed by atoms with Gasteiger partial charge < -0.3 is 19.7 Å². The third-order valence-electron chi connectivity index (χ3n) is 3.41. The normalized spacial score (nSPS) is 11.4. The van der Waals surface area contributed by atoms with Gasteiger partial charge in [-0.3, -0.25) is 0 Å². The number of benzene rings is 2. The van der Waals surface area contributed by atoms with Crippen molar-refractivity contribution in [1.29, 1.82) is 0 Å². The number of hydrogen-bond donors (Lipinski definition) is 1. The van der Waals surface area contributed by atoms with Crippen LogP contribution in [-0.4, -0.2) is 17.9 Å². The first-order chi connectivity index (χ1) is 12.2. The smallest absolute Gasteiger partial charge is 0.227 e. The number of rotatable bonds is 6. The van der Waals surface area contributed by atoms with Crippen molar-refractivity contribution >= 4 is 17.4 Å². The molecule has 2 aromatic carbocycles. The Balaban J connectivity index is 1.67. The number of methoxy groups -OCH3 is 1. The molecular weight excluding hydrogens is 342 g/mol. The van der Waals surface area contributed by atoms with Gasteiger partial charge in [0.1, 0.15) is 17.7 Å². The molecule has 3 rings (SSSR count). The van der Waals surface area contributed by atoms with Crippen LogP contribution in [0.5, 0.6) is 5.75 Å². The zero-order valence-electron chi connectivity index (χ0n) is 13.5. The maximum Gasteiger partial charge on any atom is 0.227 e. The lowest BCUT2D eigenvalue weighted by Gasteiger charge is -2.06. The van der Waals surface area contributed by atoms with Crippen molar-refractivity contribution in [3.8, 4) is 17.2 Å². The summed E-state index contributed by atoms with van der Waals surface area (Å²) in [5.74, 6) is 1.26. The molecule has 2 N–H and O–H groups in total. The number of oxime groups is 1. The van der Waals surface area contributed by atoms with Crippen molar-refractivity contribution in [2.75, 3.05) is 7.11 Å². The second-order valence-electron chi connectivity index (χ2n) is 5.07. The van der Waals surface area contributed by atoms with Gasteiger partial charge in [0.2, 0.25) is 5.89 Å². The van der Waals surface area contributed by atoms with Crippen LogP contribution in [0, 0.1) is 0 Å². The maximum absolute atomic E-state index is 6.13. The average Bonchev–Trinajstić information content (AvgIpc) is 3.10. The minimum Gasteiger partial charge on any atom is -0.496 e. The van der Waals surface area contributed by atoms with E-state index in [0.717, 1.165) is 0 Å². The molecule has 1 heterocycles. The second kappa shape index (κ2) is 7.72. The van der Waals surface area contributed by atoms with E-state index in [9.17, 15) is 0 Å². The monoisotopic (exact) mass is 357 g/mol. The van der Waals surface area contributed by atoms with E-state index >= 15 is 0 Å². The molecule has 0 amide bonds. The van der Waals surface area contributed by atoms with Crippen molar-refractivity contribution in [2.24, 2.45) is 10.9 Å². The minimum atomic E-state index is 0.115. The Hall–Kier alpha value is -2.99. The molecule has 0 fully saturated rings. The predicted molar refractivity (Wildman–Crippen MR) is 95.5 cm³/mol. The number of ether oxygens (including phenoxy) is 1. The summed E-state index contributed by atoms with van der Waals surface area (Å²) in [7, 11) is 1.57. The molecule has 25 heavy (non-hydrogen) atoms. The SMILES string of the molecule is COc1ccccc1/C(N)=N/OCc1coc(-c2ccccc2Cl)n1. The molecule has 0 bridgehead atoms. The van der Waals surface area contributed by atoms with Gasteiger partial charge in [0.25, 0.3) is 0 Å². The highest BCUT2D eigenvalue weighted by Gasteiger charge is 2.11. The van der Waals surface area contributed by atoms with Crippen LogP contribution in [0.25, 0.3) is 11.5 Å². The molecule has 0 saturated carbocycles. The molecule has 0 saturated heterocycles. The van der Waals surface area contributed by atoms with Crippen molar-refractivity contribution in [1.82, 2.24) is 4.98 Å². The summed E-state index contributed by atoms with van der Waals surface area (Å²) in [5, 5.41) is 4.47. The molecule has 0 aliphatic rings. The van der Waals surface area contributed by atoms with E-state index in [1.165, 1.54) is 6.26 Å². The maximum atomic E-state index is 6.13. The summed E-state index contributed by atoms with van der Waals surface area (Å²) >= 11 is 6.13. The third kappa shape index (κ3) is 3.92. The largest absolute Gasteiger partial charge is 0.496 e. The summed E-state index contributed by atoms with van der Waals surface area (Å²) in [6, 6.07) is 14.6. The Morgan fingerprint density at radius 1 is 1.20 bits per heavy atom. The van der Waals surface area contributed by atoms with Crippen molar-refractivity contribution in [3.05, 3.63) is 71.1 Å². The van der Waals surface area contributed by atoms with E-state index in [1.807, 2.05) is 30.3 Å². The molecule has 0 atom stereocenters. The van der Waals surface area contributed by atoms with Crippen LogP contribution in [-0.2, 0) is 11.4 Å². The van der Waals surface area contributed by atoms with Crippen LogP contribution in [0.1, 0.15) is 11.3 Å². The molecule has 0 aliphatic carbocycles. The van der Waals surface area contributed by atoms with Gasteiger partial charge in [-0.05, 0) is 24.3 Å². The number of hydrogen-bond acceptors (Lipinski definition) is 5. The molecular formula is C18H16ClN3O3. The van der Waals surface area contributed by atoms with Gasteiger partial charge in [-0.2, -0.15) is 0 Å². The lowest BCUT2D eigenvalue weighted by molar-refractivity contribution is 0.127. The zero-order valence-corrected chi connectivity index (χ0v) is 14.2. The molecule has 6 nitrogen and oxygen atoms in total. The lowest BCUT2D eigenvalue weighted by atomic mass is 10.2. The quantitative estimate of drug-likeness (QED) is 0.411. The first-order valence-electron chi connectivity index (χ1n) is 7.47. The Labute approximate surface area is 149 Å². The number of nitrogens with zero attached hydrogens (tertiary/aromatic N) is 2. The Morgan fingerprint density at radius 3 is 2.76 bits per heavy atom. The Kier molecular flexibility index (Phi) is 5.20. The summed E-state index contributed by atoms with van der Waals surface area (Å²) in [4.78, 5) is 9.60. The molecule has 0 spiro atoms. The number of aromatic nitrogens is 1. The molecule has 0 aliphatic heterocycles. The van der Waals surface area contributed by atoms with E-state index in [-0.39, 0.29) is 12.4 Å². The first-order valence-corrected chi connectivity index (χ1v) is 7.85. The first kappa shape index (κ1) is 16.9. The molecule has 0 unspecified atom stereocenters. The van der Waals surface area contributed by atoms with Gasteiger partial charge in [0.15, 0.2) is 12.4 Å². The fraction of sp³-hybridized carbons (Fsp3) is 0.111. The highest BCUT2D eigenvalue weighted by Crippen LogP contribution is 2.26. The standard InChI is InChI=1S/C18H16ClN3O3/c1-23-16-9-5-3-7-14(16)17(20)22-25-11-12-10-24-18(21-12)13-6-2-4-8-15(13)19/h2-10H,11H2,1H3,(H2,20,22). The molecule has 3 aromatic rings. The van der Waals surface area contributed by atoms with Crippen LogP contribution in [0.15, 0.2) is 64.4 Å². The highest BCUT2D eigenvalue weighted by molar-refractivity contribution is 6.33. The van der Waals surface area contributed by atoms with Gasteiger partial charge in [0, 0.05) is 0 Å². The fourth-order valence-corrected chi connectivity index (χ4v) is 2.42. The van der Waals surface area contributed by atoms with Crippen molar-refractivity contribution in [2.45, 2.75) is 6.61 Å². The van der Waals surface area contributed by atoms with Crippen molar-refractivity contribution < 1.29 is 14.0 Å². The number of para-hydroxylation sites is 1. The molecule has 0 radical (unpaired) electrons. The summed E-state index contributed by atoms with van der Waals surface area (Å²) in [6.45, 7) is 0.115. The Morgan fingerprint density at radius 2 is 1.96 bits per heavy atom. The number of nitrogens with two attached hydrogens (primary N) is 1. The minimum absolute atomic E-state index is 0.115. The van der Waals surface area contributed by atoms with Crippen LogP contribution < -0.4 is 10.5 Å². The van der Waals surface area contributed by atoms with Gasteiger partial charge in [0.05, 0.1) is 23.3 Å².